The second-order valence-corrected chi connectivity index (χ2v) is 11.0. The van der Waals surface area contributed by atoms with Gasteiger partial charge in [0.1, 0.15) is 11.4 Å². The topological polar surface area (TPSA) is 105 Å². The number of hydrogen-bond acceptors (Lipinski definition) is 5. The van der Waals surface area contributed by atoms with Gasteiger partial charge in [0, 0.05) is 30.4 Å². The van der Waals surface area contributed by atoms with Crippen molar-refractivity contribution in [2.45, 2.75) is 58.6 Å². The highest BCUT2D eigenvalue weighted by Gasteiger charge is 2.33. The quantitative estimate of drug-likeness (QED) is 0.671. The Balaban J connectivity index is 1.63. The van der Waals surface area contributed by atoms with Crippen molar-refractivity contribution in [1.82, 2.24) is 9.62 Å². The van der Waals surface area contributed by atoms with Crippen molar-refractivity contribution < 1.29 is 27.1 Å². The first-order valence-corrected chi connectivity index (χ1v) is 12.3. The maximum atomic E-state index is 13.4. The van der Waals surface area contributed by atoms with Crippen LogP contribution in [0.3, 0.4) is 0 Å². The fraction of sp³-hybridized carbons (Fsp3) is 0.478. The molecule has 1 fully saturated rings. The van der Waals surface area contributed by atoms with Crippen LogP contribution in [0.25, 0.3) is 0 Å². The number of ether oxygens (including phenoxy) is 1. The van der Waals surface area contributed by atoms with Crippen LogP contribution in [0.1, 0.15) is 45.6 Å². The van der Waals surface area contributed by atoms with Crippen LogP contribution in [0, 0.1) is 12.7 Å². The molecule has 1 aromatic carbocycles. The Morgan fingerprint density at radius 1 is 1.24 bits per heavy atom. The van der Waals surface area contributed by atoms with Gasteiger partial charge in [-0.2, -0.15) is 0 Å². The number of nitrogens with one attached hydrogen (secondary N) is 2. The van der Waals surface area contributed by atoms with Crippen molar-refractivity contribution in [2.75, 3.05) is 18.4 Å². The summed E-state index contributed by atoms with van der Waals surface area (Å²) < 4.78 is 47.3. The van der Waals surface area contributed by atoms with Gasteiger partial charge in [-0.15, -0.1) is 0 Å². The zero-order chi connectivity index (χ0) is 24.4. The lowest BCUT2D eigenvalue weighted by Gasteiger charge is -2.24. The Morgan fingerprint density at radius 2 is 1.97 bits per heavy atom. The number of rotatable bonds is 5. The predicted octanol–water partition coefficient (Wildman–Crippen LogP) is 3.61. The van der Waals surface area contributed by atoms with Crippen molar-refractivity contribution in [3.05, 3.63) is 52.2 Å². The van der Waals surface area contributed by atoms with Gasteiger partial charge in [0.15, 0.2) is 0 Å². The van der Waals surface area contributed by atoms with E-state index in [9.17, 15) is 22.4 Å². The van der Waals surface area contributed by atoms with Gasteiger partial charge < -0.3 is 15.0 Å². The monoisotopic (exact) mass is 479 g/mol. The van der Waals surface area contributed by atoms with Crippen LogP contribution in [0.15, 0.2) is 40.8 Å². The minimum absolute atomic E-state index is 0.112. The lowest BCUT2D eigenvalue weighted by Crippen LogP contribution is -2.40. The standard InChI is InChI=1S/C23H30FN3O5S/c1-15-12-17(8-9-20(15)24)25-21(28)16-6-5-7-19(13-16)33(30,31)26-18-10-11-27(14-18)22(29)32-23(2,3)4/h6,8-9,12-13,18,26H,5,7,10-11,14H2,1-4H3,(H,25,28). The molecule has 2 N–H and O–H groups in total. The molecular formula is C23H30FN3O5S. The normalized spacial score (nSPS) is 19.1. The fourth-order valence-corrected chi connectivity index (χ4v) is 5.07. The molecule has 2 aliphatic rings. The van der Waals surface area contributed by atoms with Gasteiger partial charge in [0.05, 0.1) is 4.91 Å². The van der Waals surface area contributed by atoms with Crippen molar-refractivity contribution in [3.63, 3.8) is 0 Å². The van der Waals surface area contributed by atoms with Gasteiger partial charge in [-0.3, -0.25) is 4.79 Å². The van der Waals surface area contributed by atoms with Gasteiger partial charge in [-0.1, -0.05) is 6.08 Å². The van der Waals surface area contributed by atoms with Crippen LogP contribution >= 0.6 is 0 Å². The molecule has 0 aromatic heterocycles. The summed E-state index contributed by atoms with van der Waals surface area (Å²) in [6, 6.07) is 3.78. The molecule has 1 unspecified atom stereocenters. The second kappa shape index (κ2) is 9.64. The smallest absolute Gasteiger partial charge is 0.410 e. The van der Waals surface area contributed by atoms with Crippen LogP contribution in [-0.4, -0.2) is 50.1 Å². The van der Waals surface area contributed by atoms with E-state index in [1.807, 2.05) is 0 Å². The molecule has 180 valence electrons. The van der Waals surface area contributed by atoms with E-state index in [1.54, 1.807) is 33.8 Å². The third kappa shape index (κ3) is 6.64. The molecule has 3 rings (SSSR count). The highest BCUT2D eigenvalue weighted by atomic mass is 32.2. The Morgan fingerprint density at radius 3 is 2.64 bits per heavy atom. The molecule has 1 aliphatic carbocycles. The summed E-state index contributed by atoms with van der Waals surface area (Å²) in [5.41, 5.74) is 0.419. The van der Waals surface area contributed by atoms with E-state index in [0.29, 0.717) is 30.6 Å². The summed E-state index contributed by atoms with van der Waals surface area (Å²) in [5, 5.41) is 2.67. The van der Waals surface area contributed by atoms with E-state index in [4.69, 9.17) is 4.74 Å². The second-order valence-electron chi connectivity index (χ2n) is 9.26. The van der Waals surface area contributed by atoms with Gasteiger partial charge in [0.2, 0.25) is 10.0 Å². The Kier molecular flexibility index (Phi) is 7.28. The first kappa shape index (κ1) is 24.9. The molecule has 0 spiro atoms. The van der Waals surface area contributed by atoms with Crippen molar-refractivity contribution >= 4 is 27.7 Å². The predicted molar refractivity (Wildman–Crippen MR) is 123 cm³/mol. The number of halogens is 1. The highest BCUT2D eigenvalue weighted by Crippen LogP contribution is 2.25. The number of aryl methyl sites for hydroxylation is 1. The molecule has 33 heavy (non-hydrogen) atoms. The molecule has 10 heteroatoms. The third-order valence-corrected chi connectivity index (χ3v) is 6.91. The van der Waals surface area contributed by atoms with Crippen molar-refractivity contribution in [3.8, 4) is 0 Å². The zero-order valence-electron chi connectivity index (χ0n) is 19.3. The van der Waals surface area contributed by atoms with Gasteiger partial charge in [0.25, 0.3) is 5.91 Å². The first-order valence-electron chi connectivity index (χ1n) is 10.8. The number of likely N-dealkylation sites (tertiary alicyclic amines) is 1. The first-order chi connectivity index (χ1) is 15.3. The lowest BCUT2D eigenvalue weighted by molar-refractivity contribution is -0.112. The van der Waals surface area contributed by atoms with Crippen LogP contribution in [0.2, 0.25) is 0 Å². The Labute approximate surface area is 193 Å². The highest BCUT2D eigenvalue weighted by molar-refractivity contribution is 7.93. The molecule has 1 atom stereocenters. The van der Waals surface area contributed by atoms with Crippen LogP contribution in [-0.2, 0) is 19.6 Å². The fourth-order valence-electron chi connectivity index (χ4n) is 3.61. The van der Waals surface area contributed by atoms with Gasteiger partial charge >= 0.3 is 6.09 Å². The summed E-state index contributed by atoms with van der Waals surface area (Å²) in [6.45, 7) is 7.52. The molecule has 1 aromatic rings. The number of allylic oxidation sites excluding steroid dienone is 2. The number of amides is 2. The van der Waals surface area contributed by atoms with E-state index < -0.39 is 33.7 Å². The molecule has 0 radical (unpaired) electrons. The minimum atomic E-state index is -3.84. The van der Waals surface area contributed by atoms with Crippen LogP contribution < -0.4 is 10.0 Å². The zero-order valence-corrected chi connectivity index (χ0v) is 20.1. The lowest BCUT2D eigenvalue weighted by atomic mass is 10.1. The maximum absolute atomic E-state index is 13.4. The molecule has 0 bridgehead atoms. The van der Waals surface area contributed by atoms with Crippen molar-refractivity contribution in [1.29, 1.82) is 0 Å². The number of carbonyl (C=O) groups is 2. The number of sulfonamides is 1. The maximum Gasteiger partial charge on any atom is 0.410 e. The van der Waals surface area contributed by atoms with E-state index in [1.165, 1.54) is 29.2 Å². The summed E-state index contributed by atoms with van der Waals surface area (Å²) in [5.74, 6) is -0.841. The molecular weight excluding hydrogens is 449 g/mol. The van der Waals surface area contributed by atoms with E-state index in [0.717, 1.165) is 0 Å². The van der Waals surface area contributed by atoms with E-state index in [2.05, 4.69) is 10.0 Å². The Bertz CT molecular complexity index is 1110. The number of benzene rings is 1. The third-order valence-electron chi connectivity index (χ3n) is 5.26. The van der Waals surface area contributed by atoms with E-state index >= 15 is 0 Å². The SMILES string of the molecule is Cc1cc(NC(=O)C2=CCCC(S(=O)(=O)NC3CCN(C(=O)OC(C)(C)C)C3)=C2)ccc1F. The molecule has 1 saturated heterocycles. The van der Waals surface area contributed by atoms with Gasteiger partial charge in [-0.25, -0.2) is 22.3 Å². The van der Waals surface area contributed by atoms with Gasteiger partial charge in [-0.05, 0) is 76.8 Å². The summed E-state index contributed by atoms with van der Waals surface area (Å²) in [4.78, 5) is 26.4. The molecule has 8 nitrogen and oxygen atoms in total. The number of nitrogens with zero attached hydrogens (tertiary/aromatic N) is 1. The summed E-state index contributed by atoms with van der Waals surface area (Å²) >= 11 is 0. The average Bonchev–Trinajstić information content (AvgIpc) is 3.17. The number of hydrogen-bond donors (Lipinski definition) is 2. The van der Waals surface area contributed by atoms with E-state index in [-0.39, 0.29) is 29.3 Å². The minimum Gasteiger partial charge on any atom is -0.444 e. The summed E-state index contributed by atoms with van der Waals surface area (Å²) in [7, 11) is -3.84. The Hall–Kier alpha value is -2.72. The van der Waals surface area contributed by atoms with Crippen molar-refractivity contribution in [2.24, 2.45) is 0 Å². The van der Waals surface area contributed by atoms with Crippen LogP contribution in [0.4, 0.5) is 14.9 Å². The molecule has 2 amide bonds. The molecule has 0 saturated carbocycles. The average molecular weight is 480 g/mol. The molecule has 1 heterocycles. The number of anilines is 1. The van der Waals surface area contributed by atoms with Crippen LogP contribution in [0.5, 0.6) is 0 Å². The number of carbonyl (C=O) groups excluding carboxylic acids is 2. The largest absolute Gasteiger partial charge is 0.444 e. The molecule has 1 aliphatic heterocycles. The summed E-state index contributed by atoms with van der Waals surface area (Å²) in [6.07, 6.45) is 3.69.